The van der Waals surface area contributed by atoms with Crippen LogP contribution in [-0.2, 0) is 26.2 Å². The number of anilines is 1. The van der Waals surface area contributed by atoms with Crippen LogP contribution in [-0.4, -0.2) is 44.8 Å². The summed E-state index contributed by atoms with van der Waals surface area (Å²) in [7, 11) is -2.65. The number of hydrogen-bond donors (Lipinski definition) is 1. The number of rotatable bonds is 10. The second-order valence-electron chi connectivity index (χ2n) is 8.83. The number of carbonyl (C=O) groups is 2. The van der Waals surface area contributed by atoms with E-state index in [1.165, 1.54) is 24.1 Å². The number of amides is 2. The van der Waals surface area contributed by atoms with Gasteiger partial charge in [-0.25, -0.2) is 8.42 Å². The van der Waals surface area contributed by atoms with Crippen molar-refractivity contribution in [3.8, 4) is 0 Å². The largest absolute Gasteiger partial charge is 0.357 e. The molecule has 7 nitrogen and oxygen atoms in total. The van der Waals surface area contributed by atoms with Crippen LogP contribution in [0.2, 0.25) is 5.02 Å². The number of hydrogen-bond acceptors (Lipinski definition) is 4. The van der Waals surface area contributed by atoms with Crippen LogP contribution in [0.3, 0.4) is 0 Å². The van der Waals surface area contributed by atoms with E-state index in [1.807, 2.05) is 45.0 Å². The Morgan fingerprint density at radius 2 is 1.62 bits per heavy atom. The number of benzene rings is 3. The fourth-order valence-electron chi connectivity index (χ4n) is 4.10. The number of carbonyl (C=O) groups excluding carboxylic acids is 2. The molecule has 0 fully saturated rings. The van der Waals surface area contributed by atoms with Gasteiger partial charge in [-0.3, -0.25) is 13.9 Å². The van der Waals surface area contributed by atoms with E-state index in [0.29, 0.717) is 6.42 Å². The lowest BCUT2D eigenvalue weighted by atomic mass is 10.1. The van der Waals surface area contributed by atoms with Crippen LogP contribution in [0.4, 0.5) is 5.69 Å². The van der Waals surface area contributed by atoms with Gasteiger partial charge in [0.2, 0.25) is 11.8 Å². The Labute approximate surface area is 224 Å². The van der Waals surface area contributed by atoms with Gasteiger partial charge in [0.05, 0.1) is 15.6 Å². The average molecular weight is 542 g/mol. The lowest BCUT2D eigenvalue weighted by Gasteiger charge is -2.33. The minimum absolute atomic E-state index is 0.0365. The lowest BCUT2D eigenvalue weighted by molar-refractivity contribution is -0.140. The second kappa shape index (κ2) is 12.3. The molecule has 0 bridgehead atoms. The fraction of sp³-hybridized carbons (Fsp3) is 0.286. The molecule has 37 heavy (non-hydrogen) atoms. The molecule has 0 saturated carbocycles. The number of sulfonamides is 1. The molecule has 1 N–H and O–H groups in total. The average Bonchev–Trinajstić information content (AvgIpc) is 2.87. The highest BCUT2D eigenvalue weighted by atomic mass is 35.5. The van der Waals surface area contributed by atoms with E-state index in [4.69, 9.17) is 11.6 Å². The van der Waals surface area contributed by atoms with Crippen LogP contribution < -0.4 is 9.62 Å². The van der Waals surface area contributed by atoms with Crippen molar-refractivity contribution in [1.82, 2.24) is 10.2 Å². The highest BCUT2D eigenvalue weighted by Gasteiger charge is 2.34. The van der Waals surface area contributed by atoms with E-state index in [9.17, 15) is 18.0 Å². The van der Waals surface area contributed by atoms with Gasteiger partial charge in [-0.05, 0) is 50.1 Å². The third-order valence-corrected chi connectivity index (χ3v) is 8.17. The highest BCUT2D eigenvalue weighted by molar-refractivity contribution is 7.92. The monoisotopic (exact) mass is 541 g/mol. The molecule has 3 aromatic rings. The molecule has 0 saturated heterocycles. The molecular weight excluding hydrogens is 510 g/mol. The van der Waals surface area contributed by atoms with Gasteiger partial charge in [0.25, 0.3) is 10.0 Å². The summed E-state index contributed by atoms with van der Waals surface area (Å²) in [5.74, 6) is -0.846. The molecule has 0 aliphatic rings. The Morgan fingerprint density at radius 3 is 2.22 bits per heavy atom. The standard InChI is InChI=1S/C28H32ClN3O4S/c1-5-25(28(34)30-4)31(18-22-10-8-9-21(3)17-22)27(33)19-32(26-12-7-6-11-24(26)29)37(35,36)23-15-13-20(2)14-16-23/h6-17,25H,5,18-19H2,1-4H3,(H,30,34). The van der Waals surface area contributed by atoms with Gasteiger partial charge in [0.1, 0.15) is 12.6 Å². The van der Waals surface area contributed by atoms with Crippen LogP contribution in [0, 0.1) is 13.8 Å². The number of para-hydroxylation sites is 1. The zero-order valence-electron chi connectivity index (χ0n) is 21.4. The topological polar surface area (TPSA) is 86.8 Å². The molecular formula is C28H32ClN3O4S. The summed E-state index contributed by atoms with van der Waals surface area (Å²) in [5.41, 5.74) is 2.93. The van der Waals surface area contributed by atoms with Gasteiger partial charge in [-0.15, -0.1) is 0 Å². The zero-order valence-corrected chi connectivity index (χ0v) is 23.0. The van der Waals surface area contributed by atoms with Gasteiger partial charge in [0.15, 0.2) is 0 Å². The third kappa shape index (κ3) is 6.70. The molecule has 0 spiro atoms. The predicted molar refractivity (Wildman–Crippen MR) is 147 cm³/mol. The van der Waals surface area contributed by atoms with Crippen LogP contribution in [0.1, 0.15) is 30.0 Å². The van der Waals surface area contributed by atoms with E-state index >= 15 is 0 Å². The highest BCUT2D eigenvalue weighted by Crippen LogP contribution is 2.31. The summed E-state index contributed by atoms with van der Waals surface area (Å²) < 4.78 is 28.6. The van der Waals surface area contributed by atoms with E-state index in [0.717, 1.165) is 21.0 Å². The molecule has 0 radical (unpaired) electrons. The number of halogens is 1. The summed E-state index contributed by atoms with van der Waals surface area (Å²) >= 11 is 6.42. The van der Waals surface area contributed by atoms with Crippen molar-refractivity contribution in [2.75, 3.05) is 17.9 Å². The quantitative estimate of drug-likeness (QED) is 0.403. The number of aryl methyl sites for hydroxylation is 2. The Morgan fingerprint density at radius 1 is 0.946 bits per heavy atom. The maximum atomic E-state index is 13.9. The first-order chi connectivity index (χ1) is 17.6. The van der Waals surface area contributed by atoms with Crippen LogP contribution in [0.5, 0.6) is 0 Å². The normalized spacial score (nSPS) is 12.0. The Balaban J connectivity index is 2.07. The van der Waals surface area contributed by atoms with Crippen LogP contribution >= 0.6 is 11.6 Å². The van der Waals surface area contributed by atoms with Crippen molar-refractivity contribution in [3.05, 3.63) is 94.5 Å². The maximum absolute atomic E-state index is 13.9. The maximum Gasteiger partial charge on any atom is 0.264 e. The number of nitrogens with zero attached hydrogens (tertiary/aromatic N) is 2. The first kappa shape index (κ1) is 28.2. The van der Waals surface area contributed by atoms with Crippen LogP contribution in [0.15, 0.2) is 77.7 Å². The molecule has 3 aromatic carbocycles. The molecule has 2 amide bonds. The van der Waals surface area contributed by atoms with E-state index in [-0.39, 0.29) is 28.1 Å². The van der Waals surface area contributed by atoms with Crippen molar-refractivity contribution in [1.29, 1.82) is 0 Å². The molecule has 9 heteroatoms. The minimum atomic E-state index is -4.16. The smallest absolute Gasteiger partial charge is 0.264 e. The number of likely N-dealkylation sites (N-methyl/N-ethyl adjacent to an activating group) is 1. The molecule has 0 aliphatic heterocycles. The van der Waals surface area contributed by atoms with Crippen molar-refractivity contribution >= 4 is 39.1 Å². The van der Waals surface area contributed by atoms with Gasteiger partial charge >= 0.3 is 0 Å². The molecule has 0 aromatic heterocycles. The molecule has 1 atom stereocenters. The van der Waals surface area contributed by atoms with Gasteiger partial charge in [-0.2, -0.15) is 0 Å². The Kier molecular flexibility index (Phi) is 9.34. The molecule has 0 aliphatic carbocycles. The van der Waals surface area contributed by atoms with E-state index < -0.39 is 28.5 Å². The minimum Gasteiger partial charge on any atom is -0.357 e. The number of nitrogens with one attached hydrogen (secondary N) is 1. The van der Waals surface area contributed by atoms with Gasteiger partial charge in [-0.1, -0.05) is 78.2 Å². The Bertz CT molecular complexity index is 1360. The zero-order chi connectivity index (χ0) is 27.2. The molecule has 1 unspecified atom stereocenters. The first-order valence-corrected chi connectivity index (χ1v) is 13.8. The summed E-state index contributed by atoms with van der Waals surface area (Å²) in [4.78, 5) is 28.1. The molecule has 3 rings (SSSR count). The van der Waals surface area contributed by atoms with E-state index in [2.05, 4.69) is 5.32 Å². The van der Waals surface area contributed by atoms with Gasteiger partial charge < -0.3 is 10.2 Å². The Hall–Kier alpha value is -3.36. The fourth-order valence-corrected chi connectivity index (χ4v) is 5.82. The molecule has 0 heterocycles. The van der Waals surface area contributed by atoms with Crippen LogP contribution in [0.25, 0.3) is 0 Å². The van der Waals surface area contributed by atoms with Crippen molar-refractivity contribution in [2.24, 2.45) is 0 Å². The van der Waals surface area contributed by atoms with Crippen molar-refractivity contribution in [3.63, 3.8) is 0 Å². The predicted octanol–water partition coefficient (Wildman–Crippen LogP) is 4.71. The SMILES string of the molecule is CCC(C(=O)NC)N(Cc1cccc(C)c1)C(=O)CN(c1ccccc1Cl)S(=O)(=O)c1ccc(C)cc1. The summed E-state index contributed by atoms with van der Waals surface area (Å²) in [6, 6.07) is 19.7. The van der Waals surface area contributed by atoms with Gasteiger partial charge in [0, 0.05) is 13.6 Å². The molecule has 196 valence electrons. The van der Waals surface area contributed by atoms with Crippen molar-refractivity contribution < 1.29 is 18.0 Å². The van der Waals surface area contributed by atoms with E-state index in [1.54, 1.807) is 36.4 Å². The lowest BCUT2D eigenvalue weighted by Crippen LogP contribution is -2.51. The summed E-state index contributed by atoms with van der Waals surface area (Å²) in [5, 5.41) is 2.81. The van der Waals surface area contributed by atoms with Crippen molar-refractivity contribution in [2.45, 2.75) is 44.7 Å². The summed E-state index contributed by atoms with van der Waals surface area (Å²) in [6.07, 6.45) is 0.355. The second-order valence-corrected chi connectivity index (χ2v) is 11.1. The first-order valence-electron chi connectivity index (χ1n) is 12.0. The summed E-state index contributed by atoms with van der Waals surface area (Å²) in [6.45, 7) is 5.23. The third-order valence-electron chi connectivity index (χ3n) is 6.08.